The average molecular weight is 277 g/mol. The van der Waals surface area contributed by atoms with Crippen LogP contribution >= 0.6 is 0 Å². The van der Waals surface area contributed by atoms with Crippen LogP contribution in [0.2, 0.25) is 0 Å². The summed E-state index contributed by atoms with van der Waals surface area (Å²) >= 11 is 0. The molecule has 0 heterocycles. The molecule has 0 spiro atoms. The molecular formula is C11H7F4NO3. The number of carbonyl (C=O) groups excluding carboxylic acids is 1. The molecule has 102 valence electrons. The van der Waals surface area contributed by atoms with Crippen LogP contribution < -0.4 is 4.74 Å². The van der Waals surface area contributed by atoms with Crippen LogP contribution in [0.25, 0.3) is 0 Å². The summed E-state index contributed by atoms with van der Waals surface area (Å²) in [5, 5.41) is 8.70. The fourth-order valence-electron chi connectivity index (χ4n) is 1.25. The van der Waals surface area contributed by atoms with E-state index in [1.54, 1.807) is 0 Å². The predicted octanol–water partition coefficient (Wildman–Crippen LogP) is 2.77. The van der Waals surface area contributed by atoms with Crippen LogP contribution in [0.4, 0.5) is 17.6 Å². The summed E-state index contributed by atoms with van der Waals surface area (Å²) < 4.78 is 57.5. The minimum absolute atomic E-state index is 0.0217. The lowest BCUT2D eigenvalue weighted by Crippen LogP contribution is -2.19. The van der Waals surface area contributed by atoms with E-state index < -0.39 is 35.0 Å². The number of rotatable bonds is 3. The van der Waals surface area contributed by atoms with Crippen LogP contribution in [-0.2, 0) is 4.74 Å². The molecule has 0 amide bonds. The molecule has 0 unspecified atom stereocenters. The number of nitriles is 1. The summed E-state index contributed by atoms with van der Waals surface area (Å²) in [5.74, 6) is -3.75. The Morgan fingerprint density at radius 3 is 2.53 bits per heavy atom. The minimum Gasteiger partial charge on any atom is -0.462 e. The number of esters is 1. The SMILES string of the molecule is CCOC(=O)c1ccc(OC(F)(F)F)c(F)c1C#N. The number of ether oxygens (including phenoxy) is 2. The predicted molar refractivity (Wildman–Crippen MR) is 53.8 cm³/mol. The van der Waals surface area contributed by atoms with Crippen molar-refractivity contribution in [2.24, 2.45) is 0 Å². The molecule has 0 radical (unpaired) electrons. The van der Waals surface area contributed by atoms with Crippen LogP contribution in [0.15, 0.2) is 12.1 Å². The highest BCUT2D eigenvalue weighted by Gasteiger charge is 2.33. The van der Waals surface area contributed by atoms with Gasteiger partial charge >= 0.3 is 12.3 Å². The van der Waals surface area contributed by atoms with Gasteiger partial charge in [-0.25, -0.2) is 9.18 Å². The van der Waals surface area contributed by atoms with Gasteiger partial charge in [0, 0.05) is 0 Å². The molecule has 8 heteroatoms. The van der Waals surface area contributed by atoms with E-state index in [9.17, 15) is 22.4 Å². The molecule has 0 aliphatic heterocycles. The number of carbonyl (C=O) groups is 1. The third-order valence-electron chi connectivity index (χ3n) is 1.94. The summed E-state index contributed by atoms with van der Waals surface area (Å²) in [6, 6.07) is 2.75. The van der Waals surface area contributed by atoms with Gasteiger partial charge in [-0.2, -0.15) is 5.26 Å². The maximum Gasteiger partial charge on any atom is 0.573 e. The molecule has 0 atom stereocenters. The largest absolute Gasteiger partial charge is 0.573 e. The van der Waals surface area contributed by atoms with E-state index in [-0.39, 0.29) is 6.61 Å². The van der Waals surface area contributed by atoms with Crippen molar-refractivity contribution in [3.05, 3.63) is 29.1 Å². The lowest BCUT2D eigenvalue weighted by atomic mass is 10.1. The quantitative estimate of drug-likeness (QED) is 0.629. The van der Waals surface area contributed by atoms with Gasteiger partial charge in [-0.1, -0.05) is 0 Å². The Morgan fingerprint density at radius 2 is 2.05 bits per heavy atom. The second-order valence-corrected chi connectivity index (χ2v) is 3.18. The summed E-state index contributed by atoms with van der Waals surface area (Å²) in [4.78, 5) is 11.4. The second kappa shape index (κ2) is 5.56. The zero-order valence-electron chi connectivity index (χ0n) is 9.55. The van der Waals surface area contributed by atoms with E-state index in [0.29, 0.717) is 6.07 Å². The zero-order valence-corrected chi connectivity index (χ0v) is 9.55. The Kier molecular flexibility index (Phi) is 4.32. The topological polar surface area (TPSA) is 59.3 Å². The minimum atomic E-state index is -5.10. The van der Waals surface area contributed by atoms with E-state index >= 15 is 0 Å². The molecular weight excluding hydrogens is 270 g/mol. The monoisotopic (exact) mass is 277 g/mol. The lowest BCUT2D eigenvalue weighted by molar-refractivity contribution is -0.275. The van der Waals surface area contributed by atoms with Gasteiger partial charge in [-0.05, 0) is 19.1 Å². The first-order valence-corrected chi connectivity index (χ1v) is 4.95. The standard InChI is InChI=1S/C11H7F4NO3/c1-2-18-10(17)6-3-4-8(19-11(13,14)15)9(12)7(6)5-16/h3-4H,2H2,1H3. The van der Waals surface area contributed by atoms with Crippen molar-refractivity contribution in [1.82, 2.24) is 0 Å². The molecule has 1 aromatic rings. The molecule has 0 aliphatic rings. The maximum atomic E-state index is 13.6. The van der Waals surface area contributed by atoms with E-state index in [1.807, 2.05) is 0 Å². The van der Waals surface area contributed by atoms with Crippen molar-refractivity contribution in [2.45, 2.75) is 13.3 Å². The molecule has 0 saturated carbocycles. The summed E-state index contributed by atoms with van der Waals surface area (Å²) in [5.41, 5.74) is -1.32. The molecule has 0 bridgehead atoms. The molecule has 0 N–H and O–H groups in total. The van der Waals surface area contributed by atoms with Crippen molar-refractivity contribution in [2.75, 3.05) is 6.61 Å². The number of nitrogens with zero attached hydrogens (tertiary/aromatic N) is 1. The Bertz CT molecular complexity index is 534. The average Bonchev–Trinajstić information content (AvgIpc) is 2.30. The molecule has 1 aromatic carbocycles. The molecule has 19 heavy (non-hydrogen) atoms. The molecule has 0 saturated heterocycles. The Balaban J connectivity index is 3.24. The number of hydrogen-bond donors (Lipinski definition) is 0. The molecule has 0 fully saturated rings. The summed E-state index contributed by atoms with van der Waals surface area (Å²) in [6.45, 7) is 1.47. The maximum absolute atomic E-state index is 13.6. The zero-order chi connectivity index (χ0) is 14.6. The van der Waals surface area contributed by atoms with E-state index in [4.69, 9.17) is 5.26 Å². The number of alkyl halides is 3. The smallest absolute Gasteiger partial charge is 0.462 e. The van der Waals surface area contributed by atoms with Gasteiger partial charge in [-0.3, -0.25) is 0 Å². The second-order valence-electron chi connectivity index (χ2n) is 3.18. The third-order valence-corrected chi connectivity index (χ3v) is 1.94. The van der Waals surface area contributed by atoms with Gasteiger partial charge in [0.25, 0.3) is 0 Å². The van der Waals surface area contributed by atoms with Crippen molar-refractivity contribution >= 4 is 5.97 Å². The van der Waals surface area contributed by atoms with Crippen LogP contribution in [0.5, 0.6) is 5.75 Å². The Labute approximate surface area is 105 Å². The first kappa shape index (κ1) is 14.8. The highest BCUT2D eigenvalue weighted by atomic mass is 19.4. The number of halogens is 4. The summed E-state index contributed by atoms with van der Waals surface area (Å²) in [6.07, 6.45) is -5.10. The first-order chi connectivity index (χ1) is 8.80. The molecule has 0 aliphatic carbocycles. The fourth-order valence-corrected chi connectivity index (χ4v) is 1.25. The van der Waals surface area contributed by atoms with Gasteiger partial charge in [0.15, 0.2) is 11.6 Å². The Hall–Kier alpha value is -2.30. The lowest BCUT2D eigenvalue weighted by Gasteiger charge is -2.11. The molecule has 4 nitrogen and oxygen atoms in total. The Morgan fingerprint density at radius 1 is 1.42 bits per heavy atom. The van der Waals surface area contributed by atoms with Crippen LogP contribution in [-0.4, -0.2) is 18.9 Å². The molecule has 0 aromatic heterocycles. The van der Waals surface area contributed by atoms with Crippen molar-refractivity contribution in [1.29, 1.82) is 5.26 Å². The number of hydrogen-bond acceptors (Lipinski definition) is 4. The van der Waals surface area contributed by atoms with E-state index in [1.165, 1.54) is 13.0 Å². The normalized spacial score (nSPS) is 10.7. The van der Waals surface area contributed by atoms with Gasteiger partial charge < -0.3 is 9.47 Å². The van der Waals surface area contributed by atoms with Crippen molar-refractivity contribution in [3.8, 4) is 11.8 Å². The number of benzene rings is 1. The van der Waals surface area contributed by atoms with Gasteiger partial charge in [0.2, 0.25) is 0 Å². The first-order valence-electron chi connectivity index (χ1n) is 4.95. The van der Waals surface area contributed by atoms with Crippen LogP contribution in [0.1, 0.15) is 22.8 Å². The van der Waals surface area contributed by atoms with E-state index in [2.05, 4.69) is 9.47 Å². The molecule has 1 rings (SSSR count). The highest BCUT2D eigenvalue weighted by Crippen LogP contribution is 2.29. The van der Waals surface area contributed by atoms with Gasteiger partial charge in [0.1, 0.15) is 11.6 Å². The van der Waals surface area contributed by atoms with Gasteiger partial charge in [0.05, 0.1) is 12.2 Å². The van der Waals surface area contributed by atoms with E-state index in [0.717, 1.165) is 6.07 Å². The van der Waals surface area contributed by atoms with Crippen LogP contribution in [0, 0.1) is 17.1 Å². The highest BCUT2D eigenvalue weighted by molar-refractivity contribution is 5.92. The van der Waals surface area contributed by atoms with Crippen molar-refractivity contribution < 1.29 is 31.8 Å². The van der Waals surface area contributed by atoms with Gasteiger partial charge in [-0.15, -0.1) is 13.2 Å². The fraction of sp³-hybridized carbons (Fsp3) is 0.273. The van der Waals surface area contributed by atoms with Crippen LogP contribution in [0.3, 0.4) is 0 Å². The van der Waals surface area contributed by atoms with Crippen molar-refractivity contribution in [3.63, 3.8) is 0 Å². The third kappa shape index (κ3) is 3.58. The summed E-state index contributed by atoms with van der Waals surface area (Å²) in [7, 11) is 0.